The van der Waals surface area contributed by atoms with E-state index in [4.69, 9.17) is 5.73 Å². The van der Waals surface area contributed by atoms with Crippen LogP contribution in [-0.2, 0) is 11.3 Å². The molecule has 0 saturated heterocycles. The van der Waals surface area contributed by atoms with E-state index in [0.29, 0.717) is 6.54 Å². The Morgan fingerprint density at radius 2 is 1.76 bits per heavy atom. The summed E-state index contributed by atoms with van der Waals surface area (Å²) < 4.78 is 0. The van der Waals surface area contributed by atoms with Crippen LogP contribution in [0.1, 0.15) is 12.5 Å². The fourth-order valence-electron chi connectivity index (χ4n) is 2.03. The van der Waals surface area contributed by atoms with Crippen LogP contribution in [0.25, 0.3) is 0 Å². The Morgan fingerprint density at radius 3 is 2.33 bits per heavy atom. The van der Waals surface area contributed by atoms with Crippen molar-refractivity contribution in [2.75, 3.05) is 17.3 Å². The first-order valence-corrected chi connectivity index (χ1v) is 6.99. The number of rotatable bonds is 5. The van der Waals surface area contributed by atoms with Gasteiger partial charge in [0.2, 0.25) is 5.91 Å². The molecule has 1 unspecified atom stereocenters. The molecule has 2 aromatic rings. The highest BCUT2D eigenvalue weighted by molar-refractivity contribution is 5.96. The third kappa shape index (κ3) is 3.83. The number of para-hydroxylation sites is 1. The van der Waals surface area contributed by atoms with E-state index in [9.17, 15) is 4.79 Å². The van der Waals surface area contributed by atoms with Gasteiger partial charge < -0.3 is 16.0 Å². The summed E-state index contributed by atoms with van der Waals surface area (Å²) >= 11 is 0. The molecule has 4 heteroatoms. The lowest BCUT2D eigenvalue weighted by molar-refractivity contribution is -0.117. The molecule has 0 fully saturated rings. The second-order valence-electron chi connectivity index (χ2n) is 5.01. The summed E-state index contributed by atoms with van der Waals surface area (Å²) in [6, 6.07) is 17.1. The molecule has 110 valence electrons. The van der Waals surface area contributed by atoms with Gasteiger partial charge in [-0.05, 0) is 36.8 Å². The number of amides is 1. The van der Waals surface area contributed by atoms with Gasteiger partial charge >= 0.3 is 0 Å². The second kappa shape index (κ2) is 6.90. The lowest BCUT2D eigenvalue weighted by atomic mass is 10.1. The molecular weight excluding hydrogens is 262 g/mol. The maximum atomic E-state index is 12.3. The first-order chi connectivity index (χ1) is 10.1. The number of hydrogen-bond acceptors (Lipinski definition) is 3. The summed E-state index contributed by atoms with van der Waals surface area (Å²) in [5.41, 5.74) is 8.47. The predicted octanol–water partition coefficient (Wildman–Crippen LogP) is 2.61. The Labute approximate surface area is 125 Å². The summed E-state index contributed by atoms with van der Waals surface area (Å²) in [6.07, 6.45) is 0. The van der Waals surface area contributed by atoms with Gasteiger partial charge in [0, 0.05) is 25.0 Å². The number of benzene rings is 2. The molecule has 0 bridgehead atoms. The van der Waals surface area contributed by atoms with Gasteiger partial charge in [-0.15, -0.1) is 0 Å². The first-order valence-electron chi connectivity index (χ1n) is 6.99. The van der Waals surface area contributed by atoms with Crippen molar-refractivity contribution in [1.82, 2.24) is 0 Å². The summed E-state index contributed by atoms with van der Waals surface area (Å²) in [4.78, 5) is 14.2. The Kier molecular flexibility index (Phi) is 4.95. The molecule has 0 aliphatic carbocycles. The molecule has 0 aliphatic heterocycles. The highest BCUT2D eigenvalue weighted by atomic mass is 16.2. The van der Waals surface area contributed by atoms with Crippen LogP contribution in [0.4, 0.5) is 11.4 Å². The average Bonchev–Trinajstić information content (AvgIpc) is 2.54. The van der Waals surface area contributed by atoms with Crippen molar-refractivity contribution >= 4 is 17.3 Å². The number of hydrogen-bond donors (Lipinski definition) is 2. The summed E-state index contributed by atoms with van der Waals surface area (Å²) in [6.45, 7) is 2.41. The number of nitrogens with two attached hydrogens (primary N) is 1. The van der Waals surface area contributed by atoms with Gasteiger partial charge in [0.05, 0.1) is 0 Å². The molecule has 4 nitrogen and oxygen atoms in total. The van der Waals surface area contributed by atoms with Gasteiger partial charge in [-0.2, -0.15) is 0 Å². The monoisotopic (exact) mass is 283 g/mol. The fraction of sp³-hybridized carbons (Fsp3) is 0.235. The second-order valence-corrected chi connectivity index (χ2v) is 5.01. The molecule has 0 aliphatic rings. The van der Waals surface area contributed by atoms with Gasteiger partial charge in [0.15, 0.2) is 0 Å². The van der Waals surface area contributed by atoms with Crippen LogP contribution in [0.5, 0.6) is 0 Å². The van der Waals surface area contributed by atoms with E-state index in [0.717, 1.165) is 16.9 Å². The van der Waals surface area contributed by atoms with E-state index < -0.39 is 0 Å². The number of nitrogens with zero attached hydrogens (tertiary/aromatic N) is 1. The summed E-state index contributed by atoms with van der Waals surface area (Å²) in [5, 5.41) is 2.91. The van der Waals surface area contributed by atoms with Crippen molar-refractivity contribution in [1.29, 1.82) is 0 Å². The van der Waals surface area contributed by atoms with Gasteiger partial charge in [0.1, 0.15) is 6.04 Å². The van der Waals surface area contributed by atoms with E-state index >= 15 is 0 Å². The average molecular weight is 283 g/mol. The summed E-state index contributed by atoms with van der Waals surface area (Å²) in [5.74, 6) is -0.0356. The van der Waals surface area contributed by atoms with Crippen molar-refractivity contribution in [2.45, 2.75) is 19.5 Å². The van der Waals surface area contributed by atoms with Crippen molar-refractivity contribution in [3.63, 3.8) is 0 Å². The maximum Gasteiger partial charge on any atom is 0.246 e. The van der Waals surface area contributed by atoms with Gasteiger partial charge in [-0.3, -0.25) is 4.79 Å². The van der Waals surface area contributed by atoms with Crippen LogP contribution < -0.4 is 16.0 Å². The summed E-state index contributed by atoms with van der Waals surface area (Å²) in [7, 11) is 1.91. The quantitative estimate of drug-likeness (QED) is 0.887. The number of nitrogens with one attached hydrogen (secondary N) is 1. The minimum absolute atomic E-state index is 0.0356. The topological polar surface area (TPSA) is 58.4 Å². The van der Waals surface area contributed by atoms with Crippen LogP contribution in [0.2, 0.25) is 0 Å². The molecule has 0 saturated carbocycles. The first kappa shape index (κ1) is 15.1. The standard InChI is InChI=1S/C17H21N3O/c1-13(17(21)19-15-6-4-3-5-7-15)20(2)16-10-8-14(12-18)9-11-16/h3-11,13H,12,18H2,1-2H3,(H,19,21). The SMILES string of the molecule is CC(C(=O)Nc1ccccc1)N(C)c1ccc(CN)cc1. The Bertz CT molecular complexity index is 581. The third-order valence-corrected chi connectivity index (χ3v) is 3.58. The zero-order valence-electron chi connectivity index (χ0n) is 12.4. The minimum atomic E-state index is -0.270. The molecule has 2 aromatic carbocycles. The van der Waals surface area contributed by atoms with Crippen LogP contribution in [-0.4, -0.2) is 19.0 Å². The zero-order chi connectivity index (χ0) is 15.2. The zero-order valence-corrected chi connectivity index (χ0v) is 12.4. The largest absolute Gasteiger partial charge is 0.363 e. The van der Waals surface area contributed by atoms with E-state index in [1.54, 1.807) is 0 Å². The Morgan fingerprint density at radius 1 is 1.14 bits per heavy atom. The molecule has 2 rings (SSSR count). The normalized spacial score (nSPS) is 11.8. The number of likely N-dealkylation sites (N-methyl/N-ethyl adjacent to an activating group) is 1. The van der Waals surface area contributed by atoms with Crippen LogP contribution >= 0.6 is 0 Å². The van der Waals surface area contributed by atoms with E-state index in [2.05, 4.69) is 5.32 Å². The minimum Gasteiger partial charge on any atom is -0.363 e. The maximum absolute atomic E-state index is 12.3. The fourth-order valence-corrected chi connectivity index (χ4v) is 2.03. The van der Waals surface area contributed by atoms with Crippen LogP contribution in [0.3, 0.4) is 0 Å². The molecule has 0 spiro atoms. The lowest BCUT2D eigenvalue weighted by Crippen LogP contribution is -2.39. The van der Waals surface area contributed by atoms with E-state index in [-0.39, 0.29) is 11.9 Å². The van der Waals surface area contributed by atoms with Crippen molar-refractivity contribution in [2.24, 2.45) is 5.73 Å². The number of carbonyl (C=O) groups is 1. The predicted molar refractivity (Wildman–Crippen MR) is 87.3 cm³/mol. The molecule has 0 aromatic heterocycles. The van der Waals surface area contributed by atoms with Gasteiger partial charge in [0.25, 0.3) is 0 Å². The van der Waals surface area contributed by atoms with E-state index in [1.807, 2.05) is 73.5 Å². The van der Waals surface area contributed by atoms with Crippen LogP contribution in [0.15, 0.2) is 54.6 Å². The number of carbonyl (C=O) groups excluding carboxylic acids is 1. The third-order valence-electron chi connectivity index (χ3n) is 3.58. The molecule has 1 atom stereocenters. The van der Waals surface area contributed by atoms with E-state index in [1.165, 1.54) is 0 Å². The van der Waals surface area contributed by atoms with Crippen molar-refractivity contribution in [3.05, 3.63) is 60.2 Å². The molecule has 0 heterocycles. The molecule has 0 radical (unpaired) electrons. The van der Waals surface area contributed by atoms with Crippen molar-refractivity contribution in [3.8, 4) is 0 Å². The van der Waals surface area contributed by atoms with Gasteiger partial charge in [-0.1, -0.05) is 30.3 Å². The Hall–Kier alpha value is -2.33. The highest BCUT2D eigenvalue weighted by Gasteiger charge is 2.18. The molecule has 3 N–H and O–H groups in total. The Balaban J connectivity index is 2.03. The van der Waals surface area contributed by atoms with Crippen LogP contribution in [0, 0.1) is 0 Å². The highest BCUT2D eigenvalue weighted by Crippen LogP contribution is 2.17. The van der Waals surface area contributed by atoms with Crippen molar-refractivity contribution < 1.29 is 4.79 Å². The smallest absolute Gasteiger partial charge is 0.246 e. The molecular formula is C17H21N3O. The molecule has 1 amide bonds. The number of anilines is 2. The molecule has 21 heavy (non-hydrogen) atoms. The van der Waals surface area contributed by atoms with Gasteiger partial charge in [-0.25, -0.2) is 0 Å². The lowest BCUT2D eigenvalue weighted by Gasteiger charge is -2.26.